The molecule has 0 aliphatic carbocycles. The molecule has 1 fully saturated rings. The van der Waals surface area contributed by atoms with Crippen LogP contribution in [0.5, 0.6) is 5.75 Å². The molecule has 3 rings (SSSR count). The first kappa shape index (κ1) is 18.0. The lowest BCUT2D eigenvalue weighted by molar-refractivity contribution is -0.157. The number of hydrogen-bond donors (Lipinski definition) is 2. The highest BCUT2D eigenvalue weighted by Crippen LogP contribution is 2.32. The smallest absolute Gasteiger partial charge is 0.348 e. The Balaban J connectivity index is 1.79. The number of halogens is 1. The molecule has 1 saturated heterocycles. The van der Waals surface area contributed by atoms with E-state index in [4.69, 9.17) is 22.1 Å². The van der Waals surface area contributed by atoms with Crippen LogP contribution in [0.4, 0.5) is 5.82 Å². The van der Waals surface area contributed by atoms with Gasteiger partial charge in [0.15, 0.2) is 0 Å². The molecule has 1 aliphatic heterocycles. The number of carboxylic acid groups (broad SMARTS) is 1. The number of nitrogens with two attached hydrogens (primary N) is 1. The van der Waals surface area contributed by atoms with Gasteiger partial charge in [-0.05, 0) is 36.4 Å². The van der Waals surface area contributed by atoms with Crippen molar-refractivity contribution < 1.29 is 19.4 Å². The molecule has 3 N–H and O–H groups in total. The number of nitrogens with zero attached hydrogens (tertiary/aromatic N) is 2. The van der Waals surface area contributed by atoms with E-state index in [1.807, 2.05) is 4.90 Å². The largest absolute Gasteiger partial charge is 0.478 e. The summed E-state index contributed by atoms with van der Waals surface area (Å²) in [5.41, 5.74) is 4.37. The normalized spacial score (nSPS) is 16.1. The standard InChI is InChI=1S/C18H18ClN3O4/c19-12-3-5-13(6-4-12)26-18(17(24)25)7-10-22(11-8-18)16-14(15(20)23)2-1-9-21-16/h1-6,9H,7-8,10-11H2,(H2,20,23)(H,24,25). The summed E-state index contributed by atoms with van der Waals surface area (Å²) in [7, 11) is 0. The maximum absolute atomic E-state index is 11.9. The lowest BCUT2D eigenvalue weighted by atomic mass is 9.90. The number of amides is 1. The number of ether oxygens (including phenoxy) is 1. The number of aliphatic carboxylic acids is 1. The van der Waals surface area contributed by atoms with Crippen molar-refractivity contribution >= 4 is 29.3 Å². The highest BCUT2D eigenvalue weighted by atomic mass is 35.5. The van der Waals surface area contributed by atoms with Crippen LogP contribution in [0.15, 0.2) is 42.6 Å². The second-order valence-electron chi connectivity index (χ2n) is 6.08. The third-order valence-corrected chi connectivity index (χ3v) is 4.69. The fourth-order valence-corrected chi connectivity index (χ4v) is 3.13. The highest BCUT2D eigenvalue weighted by Gasteiger charge is 2.44. The number of rotatable bonds is 5. The Hall–Kier alpha value is -2.80. The maximum Gasteiger partial charge on any atom is 0.348 e. The van der Waals surface area contributed by atoms with Crippen LogP contribution in [0, 0.1) is 0 Å². The van der Waals surface area contributed by atoms with Crippen molar-refractivity contribution in [2.45, 2.75) is 18.4 Å². The molecule has 2 aromatic rings. The predicted molar refractivity (Wildman–Crippen MR) is 96.6 cm³/mol. The number of anilines is 1. The number of primary amides is 1. The Morgan fingerprint density at radius 3 is 2.42 bits per heavy atom. The van der Waals surface area contributed by atoms with Crippen LogP contribution in [-0.4, -0.2) is 40.7 Å². The number of piperidine rings is 1. The molecular formula is C18H18ClN3O4. The van der Waals surface area contributed by atoms with Crippen LogP contribution in [0.2, 0.25) is 5.02 Å². The first-order valence-electron chi connectivity index (χ1n) is 8.09. The first-order chi connectivity index (χ1) is 12.4. The Morgan fingerprint density at radius 2 is 1.85 bits per heavy atom. The molecule has 2 heterocycles. The third-order valence-electron chi connectivity index (χ3n) is 4.44. The monoisotopic (exact) mass is 375 g/mol. The number of aromatic nitrogens is 1. The SMILES string of the molecule is NC(=O)c1cccnc1N1CCC(Oc2ccc(Cl)cc2)(C(=O)O)CC1. The molecule has 0 unspecified atom stereocenters. The molecule has 0 radical (unpaired) electrons. The molecule has 8 heteroatoms. The van der Waals surface area contributed by atoms with Crippen LogP contribution in [0.25, 0.3) is 0 Å². The van der Waals surface area contributed by atoms with E-state index >= 15 is 0 Å². The van der Waals surface area contributed by atoms with Crippen molar-refractivity contribution in [1.29, 1.82) is 0 Å². The zero-order valence-electron chi connectivity index (χ0n) is 13.9. The van der Waals surface area contributed by atoms with Gasteiger partial charge in [0.1, 0.15) is 11.6 Å². The number of carbonyl (C=O) groups is 2. The fraction of sp³-hybridized carbons (Fsp3) is 0.278. The van der Waals surface area contributed by atoms with Gasteiger partial charge >= 0.3 is 5.97 Å². The van der Waals surface area contributed by atoms with Crippen molar-refractivity contribution in [2.75, 3.05) is 18.0 Å². The molecule has 0 spiro atoms. The number of carboxylic acids is 1. The third kappa shape index (κ3) is 3.57. The fourth-order valence-electron chi connectivity index (χ4n) is 3.01. The molecule has 0 saturated carbocycles. The van der Waals surface area contributed by atoms with Crippen LogP contribution in [0.3, 0.4) is 0 Å². The summed E-state index contributed by atoms with van der Waals surface area (Å²) < 4.78 is 5.82. The van der Waals surface area contributed by atoms with Gasteiger partial charge in [0, 0.05) is 37.2 Å². The minimum atomic E-state index is -1.34. The molecular weight excluding hydrogens is 358 g/mol. The van der Waals surface area contributed by atoms with Crippen LogP contribution in [-0.2, 0) is 4.79 Å². The minimum absolute atomic E-state index is 0.236. The molecule has 1 amide bonds. The van der Waals surface area contributed by atoms with Crippen LogP contribution >= 0.6 is 11.6 Å². The summed E-state index contributed by atoms with van der Waals surface area (Å²) in [6.45, 7) is 0.744. The summed E-state index contributed by atoms with van der Waals surface area (Å²) >= 11 is 5.86. The summed E-state index contributed by atoms with van der Waals surface area (Å²) in [5, 5.41) is 10.3. The van der Waals surface area contributed by atoms with Gasteiger partial charge < -0.3 is 20.5 Å². The number of hydrogen-bond acceptors (Lipinski definition) is 5. The summed E-state index contributed by atoms with van der Waals surface area (Å²) in [6.07, 6.45) is 2.05. The average Bonchev–Trinajstić information content (AvgIpc) is 2.64. The summed E-state index contributed by atoms with van der Waals surface area (Å²) in [5.74, 6) is -0.685. The van der Waals surface area contributed by atoms with Gasteiger partial charge in [0.05, 0.1) is 5.56 Å². The van der Waals surface area contributed by atoms with Gasteiger partial charge in [-0.15, -0.1) is 0 Å². The quantitative estimate of drug-likeness (QED) is 0.830. The predicted octanol–water partition coefficient (Wildman–Crippen LogP) is 2.34. The van der Waals surface area contributed by atoms with Gasteiger partial charge in [-0.2, -0.15) is 0 Å². The summed E-state index contributed by atoms with van der Waals surface area (Å²) in [4.78, 5) is 29.6. The van der Waals surface area contributed by atoms with Crippen LogP contribution in [0.1, 0.15) is 23.2 Å². The molecule has 1 aromatic heterocycles. The molecule has 136 valence electrons. The van der Waals surface area contributed by atoms with Gasteiger partial charge in [-0.25, -0.2) is 9.78 Å². The first-order valence-corrected chi connectivity index (χ1v) is 8.47. The zero-order valence-corrected chi connectivity index (χ0v) is 14.6. The highest BCUT2D eigenvalue weighted by molar-refractivity contribution is 6.30. The zero-order chi connectivity index (χ0) is 18.7. The number of carbonyl (C=O) groups excluding carboxylic acids is 1. The van der Waals surface area contributed by atoms with Gasteiger partial charge in [0.2, 0.25) is 5.60 Å². The number of pyridine rings is 1. The van der Waals surface area contributed by atoms with Crippen molar-refractivity contribution in [3.05, 3.63) is 53.2 Å². The average molecular weight is 376 g/mol. The Morgan fingerprint density at radius 1 is 1.19 bits per heavy atom. The molecule has 0 atom stereocenters. The van der Waals surface area contributed by atoms with Crippen molar-refractivity contribution in [3.63, 3.8) is 0 Å². The second kappa shape index (κ2) is 7.21. The Bertz CT molecular complexity index is 817. The molecule has 26 heavy (non-hydrogen) atoms. The lowest BCUT2D eigenvalue weighted by Crippen LogP contribution is -2.53. The second-order valence-corrected chi connectivity index (χ2v) is 6.52. The van der Waals surface area contributed by atoms with E-state index in [-0.39, 0.29) is 12.8 Å². The van der Waals surface area contributed by atoms with E-state index in [0.717, 1.165) is 0 Å². The van der Waals surface area contributed by atoms with Gasteiger partial charge in [0.25, 0.3) is 5.91 Å². The maximum atomic E-state index is 11.9. The van der Waals surface area contributed by atoms with E-state index in [9.17, 15) is 14.7 Å². The van der Waals surface area contributed by atoms with Crippen molar-refractivity contribution in [2.24, 2.45) is 5.73 Å². The van der Waals surface area contributed by atoms with Gasteiger partial charge in [-0.3, -0.25) is 4.79 Å². The van der Waals surface area contributed by atoms with E-state index in [2.05, 4.69) is 4.98 Å². The summed E-state index contributed by atoms with van der Waals surface area (Å²) in [6, 6.07) is 9.82. The van der Waals surface area contributed by atoms with Gasteiger partial charge in [-0.1, -0.05) is 11.6 Å². The van der Waals surface area contributed by atoms with E-state index in [1.54, 1.807) is 42.6 Å². The van der Waals surface area contributed by atoms with E-state index in [1.165, 1.54) is 0 Å². The Labute approximate surface area is 155 Å². The molecule has 1 aliphatic rings. The number of benzene rings is 1. The topological polar surface area (TPSA) is 106 Å². The van der Waals surface area contributed by atoms with E-state index < -0.39 is 17.5 Å². The Kier molecular flexibility index (Phi) is 4.99. The molecule has 1 aromatic carbocycles. The molecule has 7 nitrogen and oxygen atoms in total. The lowest BCUT2D eigenvalue weighted by Gasteiger charge is -2.39. The minimum Gasteiger partial charge on any atom is -0.478 e. The van der Waals surface area contributed by atoms with Crippen molar-refractivity contribution in [1.82, 2.24) is 4.98 Å². The van der Waals surface area contributed by atoms with Crippen LogP contribution < -0.4 is 15.4 Å². The van der Waals surface area contributed by atoms with E-state index in [0.29, 0.717) is 35.2 Å². The molecule has 0 bridgehead atoms. The van der Waals surface area contributed by atoms with Crippen molar-refractivity contribution in [3.8, 4) is 5.75 Å².